The van der Waals surface area contributed by atoms with Crippen molar-refractivity contribution in [3.05, 3.63) is 46.5 Å². The zero-order chi connectivity index (χ0) is 13.0. The smallest absolute Gasteiger partial charge is 0.122 e. The number of nitrogens with zero attached hydrogens (tertiary/aromatic N) is 2. The quantitative estimate of drug-likeness (QED) is 0.922. The Bertz CT molecular complexity index is 525. The molecule has 2 aromatic rings. The molecule has 0 saturated carbocycles. The highest BCUT2D eigenvalue weighted by Gasteiger charge is 2.06. The van der Waals surface area contributed by atoms with Gasteiger partial charge in [-0.3, -0.25) is 0 Å². The van der Waals surface area contributed by atoms with E-state index in [9.17, 15) is 0 Å². The Hall–Kier alpha value is -1.33. The van der Waals surface area contributed by atoms with E-state index in [0.29, 0.717) is 0 Å². The minimum atomic E-state index is 0.759. The van der Waals surface area contributed by atoms with Crippen LogP contribution in [0.2, 0.25) is 0 Å². The van der Waals surface area contributed by atoms with Crippen LogP contribution in [0.4, 0.5) is 0 Å². The van der Waals surface area contributed by atoms with Gasteiger partial charge >= 0.3 is 0 Å². The van der Waals surface area contributed by atoms with Crippen molar-refractivity contribution in [2.45, 2.75) is 13.1 Å². The van der Waals surface area contributed by atoms with Crippen LogP contribution < -0.4 is 10.1 Å². The topological polar surface area (TPSA) is 39.1 Å². The highest BCUT2D eigenvalue weighted by atomic mass is 79.9. The molecule has 1 aromatic heterocycles. The molecule has 96 valence electrons. The first-order valence-electron chi connectivity index (χ1n) is 5.71. The first-order valence-corrected chi connectivity index (χ1v) is 6.51. The van der Waals surface area contributed by atoms with Gasteiger partial charge in [-0.1, -0.05) is 15.9 Å². The largest absolute Gasteiger partial charge is 0.497 e. The molecule has 0 amide bonds. The minimum Gasteiger partial charge on any atom is -0.497 e. The molecule has 0 fully saturated rings. The predicted octanol–water partition coefficient (Wildman–Crippen LogP) is 2.42. The zero-order valence-electron chi connectivity index (χ0n) is 10.5. The van der Waals surface area contributed by atoms with Gasteiger partial charge in [-0.25, -0.2) is 4.98 Å². The molecule has 1 heterocycles. The second-order valence-electron chi connectivity index (χ2n) is 3.96. The monoisotopic (exact) mass is 309 g/mol. The molecule has 1 N–H and O–H groups in total. The van der Waals surface area contributed by atoms with Gasteiger partial charge in [-0.2, -0.15) is 0 Å². The summed E-state index contributed by atoms with van der Waals surface area (Å²) in [6, 6.07) is 5.98. The maximum Gasteiger partial charge on any atom is 0.122 e. The Morgan fingerprint density at radius 3 is 3.00 bits per heavy atom. The summed E-state index contributed by atoms with van der Waals surface area (Å²) in [6.07, 6.45) is 3.80. The van der Waals surface area contributed by atoms with Crippen molar-refractivity contribution in [3.63, 3.8) is 0 Å². The normalized spacial score (nSPS) is 10.6. The lowest BCUT2D eigenvalue weighted by molar-refractivity contribution is 0.414. The van der Waals surface area contributed by atoms with Crippen molar-refractivity contribution in [1.82, 2.24) is 14.9 Å². The number of ether oxygens (including phenoxy) is 1. The third kappa shape index (κ3) is 2.91. The maximum absolute atomic E-state index is 5.25. The van der Waals surface area contributed by atoms with Crippen LogP contribution >= 0.6 is 15.9 Å². The number of halogens is 1. The van der Waals surface area contributed by atoms with Crippen molar-refractivity contribution < 1.29 is 4.74 Å². The van der Waals surface area contributed by atoms with E-state index in [0.717, 1.165) is 29.1 Å². The summed E-state index contributed by atoms with van der Waals surface area (Å²) >= 11 is 3.56. The average molecular weight is 310 g/mol. The Morgan fingerprint density at radius 2 is 2.28 bits per heavy atom. The van der Waals surface area contributed by atoms with E-state index in [1.54, 1.807) is 7.11 Å². The molecule has 0 unspecified atom stereocenters. The van der Waals surface area contributed by atoms with Gasteiger partial charge in [-0.05, 0) is 30.8 Å². The third-order valence-electron chi connectivity index (χ3n) is 2.73. The molecule has 0 saturated heterocycles. The van der Waals surface area contributed by atoms with Gasteiger partial charge in [0.1, 0.15) is 11.6 Å². The molecule has 0 aliphatic heterocycles. The number of methoxy groups -OCH3 is 1. The van der Waals surface area contributed by atoms with Gasteiger partial charge in [0.2, 0.25) is 0 Å². The fraction of sp³-hybridized carbons (Fsp3) is 0.308. The van der Waals surface area contributed by atoms with E-state index < -0.39 is 0 Å². The molecule has 18 heavy (non-hydrogen) atoms. The van der Waals surface area contributed by atoms with Gasteiger partial charge in [0.15, 0.2) is 0 Å². The van der Waals surface area contributed by atoms with Gasteiger partial charge < -0.3 is 14.6 Å². The van der Waals surface area contributed by atoms with Crippen LogP contribution in [0, 0.1) is 0 Å². The summed E-state index contributed by atoms with van der Waals surface area (Å²) in [5.74, 6) is 1.88. The van der Waals surface area contributed by atoms with Crippen molar-refractivity contribution in [3.8, 4) is 5.75 Å². The van der Waals surface area contributed by atoms with Gasteiger partial charge in [-0.15, -0.1) is 0 Å². The van der Waals surface area contributed by atoms with Crippen LogP contribution in [0.1, 0.15) is 11.4 Å². The first-order chi connectivity index (χ1) is 8.74. The summed E-state index contributed by atoms with van der Waals surface area (Å²) in [5.41, 5.74) is 1.17. The Kier molecular flexibility index (Phi) is 4.38. The fourth-order valence-corrected chi connectivity index (χ4v) is 2.16. The summed E-state index contributed by atoms with van der Waals surface area (Å²) in [4.78, 5) is 4.33. The number of hydrogen-bond donors (Lipinski definition) is 1. The molecular weight excluding hydrogens is 294 g/mol. The molecule has 2 rings (SSSR count). The lowest BCUT2D eigenvalue weighted by Gasteiger charge is -2.10. The minimum absolute atomic E-state index is 0.759. The molecule has 0 bridgehead atoms. The maximum atomic E-state index is 5.25. The summed E-state index contributed by atoms with van der Waals surface area (Å²) in [7, 11) is 3.59. The molecule has 5 heteroatoms. The highest BCUT2D eigenvalue weighted by molar-refractivity contribution is 9.10. The van der Waals surface area contributed by atoms with E-state index in [1.165, 1.54) is 5.56 Å². The SMILES string of the molecule is CNCc1nccn1Cc1cc(OC)ccc1Br. The second-order valence-corrected chi connectivity index (χ2v) is 4.81. The molecular formula is C13H16BrN3O. The zero-order valence-corrected chi connectivity index (χ0v) is 12.1. The van der Waals surface area contributed by atoms with Crippen LogP contribution in [0.5, 0.6) is 5.75 Å². The van der Waals surface area contributed by atoms with E-state index in [2.05, 4.69) is 30.8 Å². The van der Waals surface area contributed by atoms with Gasteiger partial charge in [0.25, 0.3) is 0 Å². The molecule has 0 aliphatic carbocycles. The Morgan fingerprint density at radius 1 is 1.44 bits per heavy atom. The summed E-state index contributed by atoms with van der Waals surface area (Å²) < 4.78 is 8.45. The highest BCUT2D eigenvalue weighted by Crippen LogP contribution is 2.23. The van der Waals surface area contributed by atoms with Crippen molar-refractivity contribution in [2.75, 3.05) is 14.2 Å². The van der Waals surface area contributed by atoms with Gasteiger partial charge in [0, 0.05) is 16.9 Å². The number of benzene rings is 1. The van der Waals surface area contributed by atoms with Crippen LogP contribution in [0.3, 0.4) is 0 Å². The Labute approximate surface area is 115 Å². The molecule has 0 atom stereocenters. The number of rotatable bonds is 5. The number of imidazole rings is 1. The summed E-state index contributed by atoms with van der Waals surface area (Å²) in [5, 5.41) is 3.11. The van der Waals surface area contributed by atoms with Crippen molar-refractivity contribution in [2.24, 2.45) is 0 Å². The standard InChI is InChI=1S/C13H16BrN3O/c1-15-8-13-16-5-6-17(13)9-10-7-11(18-2)3-4-12(10)14/h3-7,15H,8-9H2,1-2H3. The first kappa shape index (κ1) is 13.1. The summed E-state index contributed by atoms with van der Waals surface area (Å²) in [6.45, 7) is 1.53. The predicted molar refractivity (Wildman–Crippen MR) is 74.8 cm³/mol. The van der Waals surface area contributed by atoms with E-state index in [4.69, 9.17) is 4.74 Å². The van der Waals surface area contributed by atoms with Crippen molar-refractivity contribution >= 4 is 15.9 Å². The molecule has 0 aliphatic rings. The van der Waals surface area contributed by atoms with Crippen LogP contribution in [0.15, 0.2) is 35.1 Å². The van der Waals surface area contributed by atoms with Crippen molar-refractivity contribution in [1.29, 1.82) is 0 Å². The molecule has 4 nitrogen and oxygen atoms in total. The fourth-order valence-electron chi connectivity index (χ4n) is 1.79. The van der Waals surface area contributed by atoms with E-state index >= 15 is 0 Å². The van der Waals surface area contributed by atoms with Crippen LogP contribution in [-0.4, -0.2) is 23.7 Å². The van der Waals surface area contributed by atoms with Gasteiger partial charge in [0.05, 0.1) is 20.2 Å². The second kappa shape index (κ2) is 6.02. The third-order valence-corrected chi connectivity index (χ3v) is 3.50. The van der Waals surface area contributed by atoms with E-state index in [-0.39, 0.29) is 0 Å². The number of nitrogens with one attached hydrogen (secondary N) is 1. The lowest BCUT2D eigenvalue weighted by atomic mass is 10.2. The average Bonchev–Trinajstić information content (AvgIpc) is 2.80. The van der Waals surface area contributed by atoms with Crippen LogP contribution in [-0.2, 0) is 13.1 Å². The lowest BCUT2D eigenvalue weighted by Crippen LogP contribution is -2.12. The van der Waals surface area contributed by atoms with E-state index in [1.807, 2.05) is 37.6 Å². The molecule has 0 spiro atoms. The molecule has 0 radical (unpaired) electrons. The molecule has 1 aromatic carbocycles. The number of aromatic nitrogens is 2. The Balaban J connectivity index is 2.24. The number of hydrogen-bond acceptors (Lipinski definition) is 3. The van der Waals surface area contributed by atoms with Crippen LogP contribution in [0.25, 0.3) is 0 Å².